The highest BCUT2D eigenvalue weighted by Gasteiger charge is 2.16. The highest BCUT2D eigenvalue weighted by atomic mass is 79.9. The van der Waals surface area contributed by atoms with Gasteiger partial charge in [0, 0.05) is 11.1 Å². The van der Waals surface area contributed by atoms with Crippen LogP contribution in [0.1, 0.15) is 31.9 Å². The second kappa shape index (κ2) is 6.03. The van der Waals surface area contributed by atoms with Crippen molar-refractivity contribution in [2.75, 3.05) is 6.61 Å². The Balaban J connectivity index is 2.79. The lowest BCUT2D eigenvalue weighted by atomic mass is 10.1. The molecule has 1 rings (SSSR count). The third-order valence-corrected chi connectivity index (χ3v) is 2.56. The molecule has 0 fully saturated rings. The molecule has 0 heterocycles. The van der Waals surface area contributed by atoms with Crippen molar-refractivity contribution in [1.82, 2.24) is 0 Å². The Labute approximate surface area is 98.8 Å². The molecule has 1 aromatic carbocycles. The summed E-state index contributed by atoms with van der Waals surface area (Å²) in [4.78, 5) is 11.4. The molecule has 0 aliphatic carbocycles. The average Bonchev–Trinajstić information content (AvgIpc) is 2.21. The van der Waals surface area contributed by atoms with Gasteiger partial charge in [-0.05, 0) is 31.0 Å². The van der Waals surface area contributed by atoms with Gasteiger partial charge >= 0.3 is 0 Å². The Kier molecular flexibility index (Phi) is 4.99. The third kappa shape index (κ3) is 3.76. The van der Waals surface area contributed by atoms with Crippen molar-refractivity contribution in [2.24, 2.45) is 0 Å². The van der Waals surface area contributed by atoms with E-state index < -0.39 is 6.10 Å². The van der Waals surface area contributed by atoms with Crippen LogP contribution in [0.2, 0.25) is 0 Å². The van der Waals surface area contributed by atoms with Gasteiger partial charge in [-0.3, -0.25) is 4.79 Å². The molecule has 2 nitrogen and oxygen atoms in total. The third-order valence-electron chi connectivity index (χ3n) is 2.03. The summed E-state index contributed by atoms with van der Waals surface area (Å²) in [7, 11) is 0. The van der Waals surface area contributed by atoms with Crippen molar-refractivity contribution in [3.63, 3.8) is 0 Å². The van der Waals surface area contributed by atoms with Gasteiger partial charge in [0.05, 0.1) is 0 Å². The Morgan fingerprint density at radius 3 is 2.47 bits per heavy atom. The lowest BCUT2D eigenvalue weighted by Crippen LogP contribution is -2.13. The first-order valence-electron chi connectivity index (χ1n) is 5.02. The van der Waals surface area contributed by atoms with Gasteiger partial charge in [-0.2, -0.15) is 0 Å². The Bertz CT molecular complexity index is 319. The van der Waals surface area contributed by atoms with E-state index >= 15 is 0 Å². The molecule has 0 aliphatic heterocycles. The van der Waals surface area contributed by atoms with Crippen molar-refractivity contribution < 1.29 is 9.53 Å². The molecule has 0 spiro atoms. The van der Waals surface area contributed by atoms with E-state index in [0.717, 1.165) is 16.5 Å². The highest BCUT2D eigenvalue weighted by Crippen LogP contribution is 2.21. The zero-order chi connectivity index (χ0) is 11.3. The molecule has 0 amide bonds. The molecule has 0 saturated carbocycles. The molecule has 15 heavy (non-hydrogen) atoms. The molecule has 3 heteroatoms. The summed E-state index contributed by atoms with van der Waals surface area (Å²) >= 11 is 3.36. The Hall–Kier alpha value is -0.670. The van der Waals surface area contributed by atoms with Gasteiger partial charge in [0.2, 0.25) is 0 Å². The van der Waals surface area contributed by atoms with Crippen LogP contribution in [0.5, 0.6) is 0 Å². The minimum atomic E-state index is -0.418. The fourth-order valence-electron chi connectivity index (χ4n) is 1.32. The maximum absolute atomic E-state index is 11.4. The molecule has 0 N–H and O–H groups in total. The Morgan fingerprint density at radius 1 is 1.40 bits per heavy atom. The first-order chi connectivity index (χ1) is 7.15. The van der Waals surface area contributed by atoms with Crippen LogP contribution < -0.4 is 0 Å². The van der Waals surface area contributed by atoms with Crippen LogP contribution in [0.3, 0.4) is 0 Å². The van der Waals surface area contributed by atoms with Crippen LogP contribution in [-0.4, -0.2) is 12.4 Å². The predicted molar refractivity (Wildman–Crippen MR) is 63.8 cm³/mol. The summed E-state index contributed by atoms with van der Waals surface area (Å²) in [5.74, 6) is 0.0470. The number of ketones is 1. The monoisotopic (exact) mass is 270 g/mol. The number of carbonyl (C=O) groups excluding carboxylic acids is 1. The molecule has 82 valence electrons. The van der Waals surface area contributed by atoms with Crippen LogP contribution in [0.4, 0.5) is 0 Å². The van der Waals surface area contributed by atoms with Gasteiger partial charge in [0.15, 0.2) is 5.78 Å². The SMILES string of the molecule is CCCOC(C(C)=O)c1ccc(Br)cc1. The molecule has 0 aliphatic rings. The van der Waals surface area contributed by atoms with Gasteiger partial charge in [-0.25, -0.2) is 0 Å². The largest absolute Gasteiger partial charge is 0.366 e. The van der Waals surface area contributed by atoms with Crippen LogP contribution in [0.15, 0.2) is 28.7 Å². The van der Waals surface area contributed by atoms with Crippen LogP contribution >= 0.6 is 15.9 Å². The molecule has 1 atom stereocenters. The van der Waals surface area contributed by atoms with Gasteiger partial charge < -0.3 is 4.74 Å². The topological polar surface area (TPSA) is 26.3 Å². The Morgan fingerprint density at radius 2 is 2.00 bits per heavy atom. The zero-order valence-corrected chi connectivity index (χ0v) is 10.6. The van der Waals surface area contributed by atoms with Crippen LogP contribution in [-0.2, 0) is 9.53 Å². The summed E-state index contributed by atoms with van der Waals surface area (Å²) in [5, 5.41) is 0. The summed E-state index contributed by atoms with van der Waals surface area (Å²) in [5.41, 5.74) is 0.916. The van der Waals surface area contributed by atoms with Crippen molar-refractivity contribution in [3.05, 3.63) is 34.3 Å². The standard InChI is InChI=1S/C12H15BrO2/c1-3-8-15-12(9(2)14)10-4-6-11(13)7-5-10/h4-7,12H,3,8H2,1-2H3. The van der Waals surface area contributed by atoms with Crippen LogP contribution in [0.25, 0.3) is 0 Å². The molecule has 0 bridgehead atoms. The number of hydrogen-bond acceptors (Lipinski definition) is 2. The second-order valence-electron chi connectivity index (χ2n) is 3.41. The van der Waals surface area contributed by atoms with E-state index in [-0.39, 0.29) is 5.78 Å². The van der Waals surface area contributed by atoms with Gasteiger partial charge in [-0.1, -0.05) is 35.0 Å². The molecule has 0 aromatic heterocycles. The maximum Gasteiger partial charge on any atom is 0.163 e. The quantitative estimate of drug-likeness (QED) is 0.819. The fraction of sp³-hybridized carbons (Fsp3) is 0.417. The van der Waals surface area contributed by atoms with Crippen molar-refractivity contribution >= 4 is 21.7 Å². The molecular weight excluding hydrogens is 256 g/mol. The number of carbonyl (C=O) groups is 1. The van der Waals surface area contributed by atoms with Gasteiger partial charge in [-0.15, -0.1) is 0 Å². The first kappa shape index (κ1) is 12.4. The molecule has 1 aromatic rings. The summed E-state index contributed by atoms with van der Waals surface area (Å²) in [6.07, 6.45) is 0.499. The summed E-state index contributed by atoms with van der Waals surface area (Å²) < 4.78 is 6.52. The number of benzene rings is 1. The maximum atomic E-state index is 11.4. The highest BCUT2D eigenvalue weighted by molar-refractivity contribution is 9.10. The lowest BCUT2D eigenvalue weighted by molar-refractivity contribution is -0.128. The smallest absolute Gasteiger partial charge is 0.163 e. The minimum Gasteiger partial charge on any atom is -0.366 e. The predicted octanol–water partition coefficient (Wildman–Crippen LogP) is 3.51. The lowest BCUT2D eigenvalue weighted by Gasteiger charge is -2.14. The molecular formula is C12H15BrO2. The normalized spacial score (nSPS) is 12.5. The minimum absolute atomic E-state index is 0.0470. The van der Waals surface area contributed by atoms with E-state index in [9.17, 15) is 4.79 Å². The second-order valence-corrected chi connectivity index (χ2v) is 4.33. The van der Waals surface area contributed by atoms with Gasteiger partial charge in [0.25, 0.3) is 0 Å². The average molecular weight is 271 g/mol. The van der Waals surface area contributed by atoms with E-state index in [1.165, 1.54) is 0 Å². The van der Waals surface area contributed by atoms with E-state index in [1.807, 2.05) is 31.2 Å². The van der Waals surface area contributed by atoms with Gasteiger partial charge in [0.1, 0.15) is 6.10 Å². The molecule has 0 radical (unpaired) electrons. The number of ether oxygens (including phenoxy) is 1. The fourth-order valence-corrected chi connectivity index (χ4v) is 1.59. The summed E-state index contributed by atoms with van der Waals surface area (Å²) in [6.45, 7) is 4.20. The van der Waals surface area contributed by atoms with E-state index in [0.29, 0.717) is 6.61 Å². The zero-order valence-electron chi connectivity index (χ0n) is 9.00. The summed E-state index contributed by atoms with van der Waals surface area (Å²) in [6, 6.07) is 7.65. The van der Waals surface area contributed by atoms with E-state index in [2.05, 4.69) is 15.9 Å². The first-order valence-corrected chi connectivity index (χ1v) is 5.82. The number of hydrogen-bond donors (Lipinski definition) is 0. The number of halogens is 1. The molecule has 1 unspecified atom stereocenters. The van der Waals surface area contributed by atoms with Crippen molar-refractivity contribution in [3.8, 4) is 0 Å². The van der Waals surface area contributed by atoms with E-state index in [4.69, 9.17) is 4.74 Å². The van der Waals surface area contributed by atoms with Crippen molar-refractivity contribution in [1.29, 1.82) is 0 Å². The van der Waals surface area contributed by atoms with E-state index in [1.54, 1.807) is 6.92 Å². The number of Topliss-reactive ketones (excluding diaryl/α,β-unsaturated/α-hetero) is 1. The molecule has 0 saturated heterocycles. The van der Waals surface area contributed by atoms with Crippen molar-refractivity contribution in [2.45, 2.75) is 26.4 Å². The van der Waals surface area contributed by atoms with Crippen LogP contribution in [0, 0.1) is 0 Å². The number of rotatable bonds is 5.